The normalized spacial score (nSPS) is 20.6. The number of hydrogen-bond donors (Lipinski definition) is 1. The van der Waals surface area contributed by atoms with E-state index in [2.05, 4.69) is 10.2 Å². The molecule has 1 aromatic rings. The summed E-state index contributed by atoms with van der Waals surface area (Å²) in [6, 6.07) is 7.71. The summed E-state index contributed by atoms with van der Waals surface area (Å²) in [5.41, 5.74) is 1.80. The lowest BCUT2D eigenvalue weighted by Crippen LogP contribution is -2.49. The van der Waals surface area contributed by atoms with E-state index in [4.69, 9.17) is 9.47 Å². The van der Waals surface area contributed by atoms with Crippen molar-refractivity contribution in [2.45, 2.75) is 25.8 Å². The first-order valence-corrected chi connectivity index (χ1v) is 9.32. The van der Waals surface area contributed by atoms with Gasteiger partial charge in [-0.25, -0.2) is 4.79 Å². The van der Waals surface area contributed by atoms with Gasteiger partial charge < -0.3 is 24.6 Å². The average Bonchev–Trinajstić information content (AvgIpc) is 2.68. The Bertz CT molecular complexity index is 614. The maximum atomic E-state index is 12.8. The van der Waals surface area contributed by atoms with E-state index >= 15 is 0 Å². The van der Waals surface area contributed by atoms with Gasteiger partial charge in [-0.2, -0.15) is 0 Å². The predicted molar refractivity (Wildman–Crippen MR) is 98.6 cm³/mol. The summed E-state index contributed by atoms with van der Waals surface area (Å²) in [6.07, 6.45) is 1.31. The van der Waals surface area contributed by atoms with Gasteiger partial charge >= 0.3 is 6.09 Å². The number of anilines is 1. The Hall–Kier alpha value is -2.28. The molecule has 3 rings (SSSR count). The fourth-order valence-electron chi connectivity index (χ4n) is 3.44. The van der Waals surface area contributed by atoms with Gasteiger partial charge in [-0.3, -0.25) is 4.79 Å². The fraction of sp³-hybridized carbons (Fsp3) is 0.579. The Morgan fingerprint density at radius 2 is 1.92 bits per heavy atom. The number of nitrogens with one attached hydrogen (secondary N) is 1. The molecule has 2 heterocycles. The molecule has 1 aromatic carbocycles. The fourth-order valence-corrected chi connectivity index (χ4v) is 3.44. The maximum absolute atomic E-state index is 12.8. The lowest BCUT2D eigenvalue weighted by atomic mass is 10.0. The molecule has 0 spiro atoms. The molecule has 7 nitrogen and oxygen atoms in total. The van der Waals surface area contributed by atoms with Crippen molar-refractivity contribution < 1.29 is 19.1 Å². The van der Waals surface area contributed by atoms with Crippen LogP contribution in [0.5, 0.6) is 0 Å². The van der Waals surface area contributed by atoms with Crippen molar-refractivity contribution in [2.24, 2.45) is 0 Å². The molecule has 0 unspecified atom stereocenters. The standard InChI is InChI=1S/C19H27N3O4/c1-2-26-19(24)20-16-4-3-9-22(14-16)18(23)15-5-7-17(8-6-15)21-10-12-25-13-11-21/h5-8,16H,2-4,9-14H2,1H3,(H,20,24)/t16-/m1/s1. The van der Waals surface area contributed by atoms with E-state index < -0.39 is 6.09 Å². The molecule has 0 aliphatic carbocycles. The van der Waals surface area contributed by atoms with Gasteiger partial charge in [0.05, 0.1) is 19.8 Å². The molecule has 0 bridgehead atoms. The molecule has 2 aliphatic rings. The van der Waals surface area contributed by atoms with E-state index in [0.29, 0.717) is 25.3 Å². The van der Waals surface area contributed by atoms with Crippen molar-refractivity contribution in [3.63, 3.8) is 0 Å². The summed E-state index contributed by atoms with van der Waals surface area (Å²) in [5, 5.41) is 2.83. The average molecular weight is 361 g/mol. The quantitative estimate of drug-likeness (QED) is 0.887. The maximum Gasteiger partial charge on any atom is 0.407 e. The summed E-state index contributed by atoms with van der Waals surface area (Å²) in [4.78, 5) is 28.5. The van der Waals surface area contributed by atoms with Crippen LogP contribution in [-0.2, 0) is 9.47 Å². The number of carbonyl (C=O) groups excluding carboxylic acids is 2. The van der Waals surface area contributed by atoms with Crippen LogP contribution in [0.2, 0.25) is 0 Å². The number of carbonyl (C=O) groups is 2. The summed E-state index contributed by atoms with van der Waals surface area (Å²) in [7, 11) is 0. The molecule has 2 amide bonds. The number of morpholine rings is 1. The summed E-state index contributed by atoms with van der Waals surface area (Å²) in [5.74, 6) is 0.00823. The van der Waals surface area contributed by atoms with Crippen molar-refractivity contribution in [3.05, 3.63) is 29.8 Å². The third-order valence-electron chi connectivity index (χ3n) is 4.80. The van der Waals surface area contributed by atoms with Crippen LogP contribution in [0.4, 0.5) is 10.5 Å². The van der Waals surface area contributed by atoms with Gasteiger partial charge in [0.15, 0.2) is 0 Å². The Morgan fingerprint density at radius 1 is 1.19 bits per heavy atom. The van der Waals surface area contributed by atoms with Gasteiger partial charge in [0.25, 0.3) is 5.91 Å². The van der Waals surface area contributed by atoms with Crippen molar-refractivity contribution in [1.29, 1.82) is 0 Å². The highest BCUT2D eigenvalue weighted by Crippen LogP contribution is 2.19. The van der Waals surface area contributed by atoms with E-state index in [1.807, 2.05) is 29.2 Å². The van der Waals surface area contributed by atoms with Crippen LogP contribution in [0.3, 0.4) is 0 Å². The van der Waals surface area contributed by atoms with E-state index in [9.17, 15) is 9.59 Å². The second-order valence-electron chi connectivity index (χ2n) is 6.60. The van der Waals surface area contributed by atoms with E-state index in [1.165, 1.54) is 0 Å². The zero-order valence-corrected chi connectivity index (χ0v) is 15.3. The first-order valence-electron chi connectivity index (χ1n) is 9.32. The van der Waals surface area contributed by atoms with Gasteiger partial charge in [-0.05, 0) is 44.0 Å². The SMILES string of the molecule is CCOC(=O)N[C@@H]1CCCN(C(=O)c2ccc(N3CCOCC3)cc2)C1. The second-order valence-corrected chi connectivity index (χ2v) is 6.60. The van der Waals surface area contributed by atoms with E-state index in [1.54, 1.807) is 6.92 Å². The first kappa shape index (κ1) is 18.5. The van der Waals surface area contributed by atoms with Gasteiger partial charge in [-0.1, -0.05) is 0 Å². The number of ether oxygens (including phenoxy) is 2. The van der Waals surface area contributed by atoms with Crippen molar-refractivity contribution >= 4 is 17.7 Å². The minimum atomic E-state index is -0.415. The Labute approximate surface area is 154 Å². The number of benzene rings is 1. The summed E-state index contributed by atoms with van der Waals surface area (Å²) < 4.78 is 10.3. The molecule has 1 atom stereocenters. The van der Waals surface area contributed by atoms with Gasteiger partial charge in [0.2, 0.25) is 0 Å². The number of nitrogens with zero attached hydrogens (tertiary/aromatic N) is 2. The monoisotopic (exact) mass is 361 g/mol. The third kappa shape index (κ3) is 4.66. The van der Waals surface area contributed by atoms with Crippen LogP contribution >= 0.6 is 0 Å². The van der Waals surface area contributed by atoms with Crippen LogP contribution in [-0.4, -0.2) is 68.9 Å². The number of alkyl carbamates (subject to hydrolysis) is 1. The highest BCUT2D eigenvalue weighted by Gasteiger charge is 2.26. The second kappa shape index (κ2) is 8.89. The number of hydrogen-bond acceptors (Lipinski definition) is 5. The predicted octanol–water partition coefficient (Wildman–Crippen LogP) is 1.87. The van der Waals surface area contributed by atoms with Crippen LogP contribution < -0.4 is 10.2 Å². The minimum absolute atomic E-state index is 0.00823. The zero-order valence-electron chi connectivity index (χ0n) is 15.3. The molecule has 7 heteroatoms. The molecule has 0 saturated carbocycles. The number of likely N-dealkylation sites (tertiary alicyclic amines) is 1. The molecular formula is C19H27N3O4. The molecule has 0 aromatic heterocycles. The van der Waals surface area contributed by atoms with Gasteiger partial charge in [-0.15, -0.1) is 0 Å². The topological polar surface area (TPSA) is 71.1 Å². The first-order chi connectivity index (χ1) is 12.7. The lowest BCUT2D eigenvalue weighted by Gasteiger charge is -2.33. The molecule has 1 N–H and O–H groups in total. The smallest absolute Gasteiger partial charge is 0.407 e. The molecule has 2 aliphatic heterocycles. The van der Waals surface area contributed by atoms with Crippen LogP contribution in [0, 0.1) is 0 Å². The highest BCUT2D eigenvalue weighted by molar-refractivity contribution is 5.94. The van der Waals surface area contributed by atoms with E-state index in [-0.39, 0.29) is 11.9 Å². The van der Waals surface area contributed by atoms with E-state index in [0.717, 1.165) is 44.8 Å². The van der Waals surface area contributed by atoms with Gasteiger partial charge in [0.1, 0.15) is 0 Å². The largest absolute Gasteiger partial charge is 0.450 e. The molecule has 0 radical (unpaired) electrons. The molecule has 2 fully saturated rings. The van der Waals surface area contributed by atoms with Crippen LogP contribution in [0.1, 0.15) is 30.1 Å². The molecule has 26 heavy (non-hydrogen) atoms. The van der Waals surface area contributed by atoms with Crippen molar-refractivity contribution in [3.8, 4) is 0 Å². The number of piperidine rings is 1. The zero-order chi connectivity index (χ0) is 18.4. The van der Waals surface area contributed by atoms with Crippen molar-refractivity contribution in [1.82, 2.24) is 10.2 Å². The Morgan fingerprint density at radius 3 is 2.62 bits per heavy atom. The summed E-state index contributed by atoms with van der Waals surface area (Å²) >= 11 is 0. The molecule has 142 valence electrons. The van der Waals surface area contributed by atoms with Crippen LogP contribution in [0.15, 0.2) is 24.3 Å². The third-order valence-corrected chi connectivity index (χ3v) is 4.80. The van der Waals surface area contributed by atoms with Crippen molar-refractivity contribution in [2.75, 3.05) is 50.9 Å². The highest BCUT2D eigenvalue weighted by atomic mass is 16.5. The van der Waals surface area contributed by atoms with Crippen LogP contribution in [0.25, 0.3) is 0 Å². The Kier molecular flexibility index (Phi) is 6.33. The summed E-state index contributed by atoms with van der Waals surface area (Å²) in [6.45, 7) is 6.58. The number of rotatable bonds is 4. The molecular weight excluding hydrogens is 334 g/mol. The minimum Gasteiger partial charge on any atom is -0.450 e. The number of amides is 2. The Balaban J connectivity index is 1.58. The molecule has 2 saturated heterocycles. The van der Waals surface area contributed by atoms with Gasteiger partial charge in [0, 0.05) is 43.5 Å². The lowest BCUT2D eigenvalue weighted by molar-refractivity contribution is 0.0686.